The van der Waals surface area contributed by atoms with Crippen LogP contribution in [-0.2, 0) is 9.31 Å². The average Bonchev–Trinajstić information content (AvgIpc) is 2.71. The minimum Gasteiger partial charge on any atom is -0.399 e. The summed E-state index contributed by atoms with van der Waals surface area (Å²) >= 11 is 0. The summed E-state index contributed by atoms with van der Waals surface area (Å²) in [7, 11) is -0.837. The zero-order chi connectivity index (χ0) is 18.6. The highest BCUT2D eigenvalue weighted by atomic mass is 16.7. The van der Waals surface area contributed by atoms with Crippen molar-refractivity contribution < 1.29 is 13.4 Å². The normalized spacial score (nSPS) is 29.1. The Morgan fingerprint density at radius 1 is 1.27 bits per heavy atom. The quantitative estimate of drug-likeness (QED) is 0.787. The Labute approximate surface area is 138 Å². The van der Waals surface area contributed by atoms with Crippen LogP contribution in [0.1, 0.15) is 51.6 Å². The molecule has 2 aliphatic heterocycles. The number of piperidine rings is 1. The number of nitrogens with zero attached hydrogens (tertiary/aromatic N) is 2. The summed E-state index contributed by atoms with van der Waals surface area (Å²) < 4.78 is 37.1. The highest BCUT2D eigenvalue weighted by Crippen LogP contribution is 2.36. The Morgan fingerprint density at radius 2 is 1.95 bits per heavy atom. The van der Waals surface area contributed by atoms with Gasteiger partial charge in [-0.25, -0.2) is 4.98 Å². The predicted octanol–water partition coefficient (Wildman–Crippen LogP) is 2.62. The number of hydrogen-bond acceptors (Lipinski definition) is 4. The molecule has 0 aromatic carbocycles. The van der Waals surface area contributed by atoms with Crippen LogP contribution in [0.25, 0.3) is 0 Å². The molecule has 3 rings (SSSR count). The molecule has 4 nitrogen and oxygen atoms in total. The van der Waals surface area contributed by atoms with Crippen molar-refractivity contribution in [3.63, 3.8) is 0 Å². The van der Waals surface area contributed by atoms with Gasteiger partial charge in [-0.05, 0) is 52.5 Å². The maximum absolute atomic E-state index is 8.44. The van der Waals surface area contributed by atoms with Gasteiger partial charge in [-0.15, -0.1) is 0 Å². The molecule has 0 spiro atoms. The van der Waals surface area contributed by atoms with Gasteiger partial charge in [-0.1, -0.05) is 13.0 Å². The smallest absolute Gasteiger partial charge is 0.399 e. The third-order valence-electron chi connectivity index (χ3n) is 5.04. The molecule has 2 fully saturated rings. The van der Waals surface area contributed by atoms with Gasteiger partial charge in [0.2, 0.25) is 0 Å². The van der Waals surface area contributed by atoms with Gasteiger partial charge in [-0.2, -0.15) is 0 Å². The summed E-state index contributed by atoms with van der Waals surface area (Å²) in [4.78, 5) is 6.39. The van der Waals surface area contributed by atoms with E-state index >= 15 is 0 Å². The molecule has 1 atom stereocenters. The molecule has 1 aromatic rings. The van der Waals surface area contributed by atoms with Crippen LogP contribution in [0.4, 0.5) is 5.82 Å². The van der Waals surface area contributed by atoms with Crippen LogP contribution in [0.3, 0.4) is 0 Å². The first-order valence-corrected chi connectivity index (χ1v) is 8.12. The molecule has 0 N–H and O–H groups in total. The van der Waals surface area contributed by atoms with Gasteiger partial charge in [0.25, 0.3) is 0 Å². The first-order valence-electron chi connectivity index (χ1n) is 9.62. The van der Waals surface area contributed by atoms with Crippen molar-refractivity contribution in [2.45, 2.75) is 58.7 Å². The molecular formula is C17H27BN2O2. The molecule has 0 amide bonds. The van der Waals surface area contributed by atoms with Gasteiger partial charge in [0.15, 0.2) is 0 Å². The van der Waals surface area contributed by atoms with Crippen LogP contribution in [0.5, 0.6) is 0 Å². The molecule has 3 heterocycles. The molecule has 2 saturated heterocycles. The lowest BCUT2D eigenvalue weighted by molar-refractivity contribution is 0.00578. The van der Waals surface area contributed by atoms with E-state index in [1.54, 1.807) is 0 Å². The Hall–Kier alpha value is -1.07. The summed E-state index contributed by atoms with van der Waals surface area (Å²) in [6.45, 7) is 11.5. The van der Waals surface area contributed by atoms with E-state index in [4.69, 9.17) is 13.4 Å². The fourth-order valence-corrected chi connectivity index (χ4v) is 2.90. The molecule has 0 radical (unpaired) electrons. The molecular weight excluding hydrogens is 275 g/mol. The highest BCUT2D eigenvalue weighted by Gasteiger charge is 2.51. The monoisotopic (exact) mass is 305 g/mol. The van der Waals surface area contributed by atoms with Crippen LogP contribution >= 0.6 is 0 Å². The number of anilines is 1. The summed E-state index contributed by atoms with van der Waals surface area (Å²) in [6, 6.07) is 0.0292. The van der Waals surface area contributed by atoms with Crippen LogP contribution in [0.15, 0.2) is 18.3 Å². The maximum Gasteiger partial charge on any atom is 0.496 e. The van der Waals surface area contributed by atoms with Crippen LogP contribution in [-0.4, -0.2) is 36.4 Å². The van der Waals surface area contributed by atoms with E-state index in [1.165, 1.54) is 0 Å². The lowest BCUT2D eigenvalue weighted by Crippen LogP contribution is -2.41. The standard InChI is InChI=1S/C17H27BN2O2/c1-13-7-6-10-20(12-13)15-9-8-14(11-19-15)18-21-16(2,3)17(4,5)22-18/h8-9,11,13H,6-7,10,12H2,1-5H3/i8D,9D,11D. The SMILES string of the molecule is [2H]c1nc(N2CCCC(C)C2)c([2H])c([2H])c1B1OC(C)(C)C(C)(C)O1. The maximum atomic E-state index is 8.44. The van der Waals surface area contributed by atoms with Crippen molar-refractivity contribution in [1.29, 1.82) is 0 Å². The van der Waals surface area contributed by atoms with Gasteiger partial charge in [-0.3, -0.25) is 0 Å². The van der Waals surface area contributed by atoms with E-state index in [2.05, 4.69) is 11.9 Å². The van der Waals surface area contributed by atoms with Crippen molar-refractivity contribution in [1.82, 2.24) is 4.98 Å². The van der Waals surface area contributed by atoms with Crippen LogP contribution < -0.4 is 10.4 Å². The summed E-state index contributed by atoms with van der Waals surface area (Å²) in [5.74, 6) is 0.961. The topological polar surface area (TPSA) is 34.6 Å². The van der Waals surface area contributed by atoms with Crippen molar-refractivity contribution in [2.75, 3.05) is 18.0 Å². The van der Waals surface area contributed by atoms with Gasteiger partial charge in [0.1, 0.15) is 5.82 Å². The van der Waals surface area contributed by atoms with E-state index in [0.29, 0.717) is 11.7 Å². The lowest BCUT2D eigenvalue weighted by atomic mass is 9.80. The second kappa shape index (κ2) is 5.53. The third-order valence-corrected chi connectivity index (χ3v) is 5.04. The van der Waals surface area contributed by atoms with E-state index in [-0.39, 0.29) is 23.7 Å². The molecule has 22 heavy (non-hydrogen) atoms. The minimum atomic E-state index is -0.837. The van der Waals surface area contributed by atoms with E-state index < -0.39 is 18.3 Å². The fourth-order valence-electron chi connectivity index (χ4n) is 2.90. The first kappa shape index (κ1) is 12.4. The molecule has 0 saturated carbocycles. The fraction of sp³-hybridized carbons (Fsp3) is 0.706. The molecule has 120 valence electrons. The highest BCUT2D eigenvalue weighted by molar-refractivity contribution is 6.62. The van der Waals surface area contributed by atoms with E-state index in [1.807, 2.05) is 32.6 Å². The van der Waals surface area contributed by atoms with E-state index in [0.717, 1.165) is 25.9 Å². The summed E-state index contributed by atoms with van der Waals surface area (Å²) in [5.41, 5.74) is -0.864. The van der Waals surface area contributed by atoms with Crippen LogP contribution in [0, 0.1) is 5.92 Å². The Balaban J connectivity index is 1.97. The van der Waals surface area contributed by atoms with Crippen molar-refractivity contribution in [2.24, 2.45) is 5.92 Å². The van der Waals surface area contributed by atoms with Crippen molar-refractivity contribution in [3.05, 3.63) is 18.3 Å². The largest absolute Gasteiger partial charge is 0.496 e. The molecule has 1 aromatic heterocycles. The van der Waals surface area contributed by atoms with Crippen LogP contribution in [0.2, 0.25) is 0 Å². The Bertz CT molecular complexity index is 668. The zero-order valence-electron chi connectivity index (χ0n) is 17.2. The zero-order valence-corrected chi connectivity index (χ0v) is 14.2. The molecule has 5 heteroatoms. The molecule has 2 aliphatic rings. The van der Waals surface area contributed by atoms with Crippen molar-refractivity contribution >= 4 is 18.4 Å². The number of pyridine rings is 1. The van der Waals surface area contributed by atoms with Gasteiger partial charge in [0, 0.05) is 24.7 Å². The second-order valence-corrected chi connectivity index (χ2v) is 7.49. The van der Waals surface area contributed by atoms with Crippen molar-refractivity contribution in [3.8, 4) is 0 Å². The molecule has 0 aliphatic carbocycles. The Morgan fingerprint density at radius 3 is 2.59 bits per heavy atom. The van der Waals surface area contributed by atoms with E-state index in [9.17, 15) is 0 Å². The Kier molecular flexibility index (Phi) is 3.11. The third kappa shape index (κ3) is 2.89. The second-order valence-electron chi connectivity index (χ2n) is 7.49. The minimum absolute atomic E-state index is 0.0215. The van der Waals surface area contributed by atoms with Gasteiger partial charge in [0.05, 0.1) is 15.3 Å². The molecule has 0 bridgehead atoms. The summed E-state index contributed by atoms with van der Waals surface area (Å²) in [6.07, 6.45) is 2.17. The number of hydrogen-bond donors (Lipinski definition) is 0. The average molecular weight is 305 g/mol. The number of rotatable bonds is 2. The predicted molar refractivity (Wildman–Crippen MR) is 90.6 cm³/mol. The first-order chi connectivity index (χ1) is 11.5. The summed E-state index contributed by atoms with van der Waals surface area (Å²) in [5, 5.41) is 0. The molecule has 1 unspecified atom stereocenters. The van der Waals surface area contributed by atoms with Gasteiger partial charge >= 0.3 is 7.12 Å². The van der Waals surface area contributed by atoms with Gasteiger partial charge < -0.3 is 14.2 Å². The number of aromatic nitrogens is 1. The lowest BCUT2D eigenvalue weighted by Gasteiger charge is -2.32.